The highest BCUT2D eigenvalue weighted by atomic mass is 35.5. The third kappa shape index (κ3) is 5.75. The number of carbonyl (C=O) groups is 4. The van der Waals surface area contributed by atoms with Crippen LogP contribution in [0.5, 0.6) is 0 Å². The second-order valence-corrected chi connectivity index (χ2v) is 18.9. The van der Waals surface area contributed by atoms with Crippen LogP contribution in [0.15, 0.2) is 11.1 Å². The van der Waals surface area contributed by atoms with Crippen LogP contribution in [0.25, 0.3) is 0 Å². The van der Waals surface area contributed by atoms with Gasteiger partial charge in [-0.05, 0) is 116 Å². The van der Waals surface area contributed by atoms with Crippen molar-refractivity contribution < 1.29 is 29.0 Å². The van der Waals surface area contributed by atoms with E-state index in [2.05, 4.69) is 64.4 Å². The van der Waals surface area contributed by atoms with Gasteiger partial charge in [0.05, 0.1) is 23.4 Å². The number of carbonyl (C=O) groups excluding carboxylic acids is 3. The van der Waals surface area contributed by atoms with Crippen molar-refractivity contribution in [1.29, 1.82) is 0 Å². The van der Waals surface area contributed by atoms with Crippen molar-refractivity contribution in [3.63, 3.8) is 0 Å². The van der Waals surface area contributed by atoms with Gasteiger partial charge in [0.1, 0.15) is 6.10 Å². The molecule has 0 radical (unpaired) electrons. The number of halogens is 1. The van der Waals surface area contributed by atoms with Gasteiger partial charge in [0.25, 0.3) is 0 Å². The van der Waals surface area contributed by atoms with E-state index in [0.717, 1.165) is 70.0 Å². The van der Waals surface area contributed by atoms with Crippen LogP contribution in [0.4, 0.5) is 4.79 Å². The number of Topliss-reactive ketones (excluding diaryl/α,β-unsaturated/α-hetero) is 1. The zero-order valence-electron chi connectivity index (χ0n) is 31.3. The minimum absolute atomic E-state index is 0. The van der Waals surface area contributed by atoms with Crippen molar-refractivity contribution in [2.45, 2.75) is 144 Å². The molecule has 0 unspecified atom stereocenters. The van der Waals surface area contributed by atoms with E-state index in [9.17, 15) is 24.3 Å². The van der Waals surface area contributed by atoms with Gasteiger partial charge in [-0.25, -0.2) is 4.79 Å². The Morgan fingerprint density at radius 3 is 2.20 bits per heavy atom. The van der Waals surface area contributed by atoms with Crippen molar-refractivity contribution in [2.24, 2.45) is 50.7 Å². The third-order valence-corrected chi connectivity index (χ3v) is 15.3. The van der Waals surface area contributed by atoms with E-state index in [0.29, 0.717) is 18.3 Å². The summed E-state index contributed by atoms with van der Waals surface area (Å²) in [6.07, 6.45) is 7.72. The van der Waals surface area contributed by atoms with Gasteiger partial charge >= 0.3 is 18.0 Å². The minimum atomic E-state index is -1.16. The van der Waals surface area contributed by atoms with E-state index >= 15 is 0 Å². The number of hydrogen-bond donors (Lipinski definition) is 4. The number of urea groups is 1. The number of amides is 2. The van der Waals surface area contributed by atoms with Crippen LogP contribution in [0.1, 0.15) is 127 Å². The fourth-order valence-electron chi connectivity index (χ4n) is 12.4. The SMILES string of the molecule is CC(C)C1=C2[C@H]3CC[C@@H]4[C@@]5(C)CC[C@H](OC(=O)CC(C)(C)C(=O)O)C(C)(C)[C@@H]5CC[C@@]4(C)[C@]3(C)CC[C@@]2(NC(=O)NC2CNC2)CC1=O.Cl. The number of allylic oxidation sites excluding steroid dienone is 1. The Hall–Kier alpha value is -2.13. The lowest BCUT2D eigenvalue weighted by Gasteiger charge is -2.72. The molecule has 0 aromatic carbocycles. The Morgan fingerprint density at radius 1 is 0.939 bits per heavy atom. The summed E-state index contributed by atoms with van der Waals surface area (Å²) in [7, 11) is 0. The lowest BCUT2D eigenvalue weighted by Crippen LogP contribution is -2.68. The Morgan fingerprint density at radius 2 is 1.61 bits per heavy atom. The smallest absolute Gasteiger partial charge is 0.315 e. The molecule has 5 fully saturated rings. The number of hydrogen-bond acceptors (Lipinski definition) is 6. The molecular weight excluding hydrogens is 642 g/mol. The first-order valence-corrected chi connectivity index (χ1v) is 18.7. The number of carboxylic acids is 1. The summed E-state index contributed by atoms with van der Waals surface area (Å²) in [5, 5.41) is 19.3. The first kappa shape index (κ1) is 38.1. The normalized spacial score (nSPS) is 39.8. The molecule has 1 heterocycles. The van der Waals surface area contributed by atoms with Crippen molar-refractivity contribution in [3.05, 3.63) is 11.1 Å². The maximum Gasteiger partial charge on any atom is 0.315 e. The quantitative estimate of drug-likeness (QED) is 0.214. The molecule has 6 rings (SSSR count). The Kier molecular flexibility index (Phi) is 9.74. The maximum atomic E-state index is 13.8. The number of fused-ring (bicyclic) bond motifs is 7. The highest BCUT2D eigenvalue weighted by molar-refractivity contribution is 6.02. The second kappa shape index (κ2) is 12.5. The first-order valence-electron chi connectivity index (χ1n) is 18.7. The van der Waals surface area contributed by atoms with Crippen LogP contribution < -0.4 is 16.0 Å². The molecule has 4 saturated carbocycles. The van der Waals surface area contributed by atoms with Crippen LogP contribution in [0.2, 0.25) is 0 Å². The van der Waals surface area contributed by atoms with Crippen LogP contribution in [0.3, 0.4) is 0 Å². The lowest BCUT2D eigenvalue weighted by molar-refractivity contribution is -0.232. The number of nitrogens with one attached hydrogen (secondary N) is 3. The monoisotopic (exact) mass is 703 g/mol. The average Bonchev–Trinajstić information content (AvgIpc) is 3.24. The van der Waals surface area contributed by atoms with Crippen LogP contribution in [-0.2, 0) is 19.1 Å². The molecule has 9 nitrogen and oxygen atoms in total. The number of rotatable bonds is 7. The van der Waals surface area contributed by atoms with Crippen molar-refractivity contribution in [3.8, 4) is 0 Å². The summed E-state index contributed by atoms with van der Waals surface area (Å²) in [4.78, 5) is 51.9. The maximum absolute atomic E-state index is 13.8. The minimum Gasteiger partial charge on any atom is -0.481 e. The standard InChI is InChI=1S/C39H61N3O6.ClH/c1-22(2)30-25(43)18-39(42-33(47)41-23-20-40-21-23)17-16-37(8)24(31(30)39)10-11-27-36(7)14-13-28(48-29(44)19-34(3,4)32(45)46)35(5,6)26(36)12-15-38(27,37)9;/h22-24,26-28,40H,10-21H2,1-9H3,(H,45,46)(H2,41,42,47);1H/t24-,26+,27-,28+,36+,37-,38-,39-;/m1./s1. The number of ketones is 1. The summed E-state index contributed by atoms with van der Waals surface area (Å²) in [6, 6.07) is -0.0198. The van der Waals surface area contributed by atoms with E-state index in [4.69, 9.17) is 4.74 Å². The van der Waals surface area contributed by atoms with Gasteiger partial charge in [-0.15, -0.1) is 12.4 Å². The average molecular weight is 704 g/mol. The fraction of sp³-hybridized carbons (Fsp3) is 0.846. The van der Waals surface area contributed by atoms with E-state index in [1.54, 1.807) is 13.8 Å². The molecule has 10 heteroatoms. The van der Waals surface area contributed by atoms with Gasteiger partial charge < -0.3 is 25.8 Å². The van der Waals surface area contributed by atoms with Gasteiger partial charge in [0, 0.05) is 24.9 Å². The van der Waals surface area contributed by atoms with Crippen molar-refractivity contribution >= 4 is 36.2 Å². The third-order valence-electron chi connectivity index (χ3n) is 15.3. The number of aliphatic carboxylic acids is 1. The van der Waals surface area contributed by atoms with Gasteiger partial charge in [-0.2, -0.15) is 0 Å². The first-order chi connectivity index (χ1) is 22.2. The summed E-state index contributed by atoms with van der Waals surface area (Å²) in [6.45, 7) is 21.1. The molecule has 6 aliphatic rings. The number of esters is 1. The fourth-order valence-corrected chi connectivity index (χ4v) is 12.4. The topological polar surface area (TPSA) is 134 Å². The van der Waals surface area contributed by atoms with Gasteiger partial charge in [0.15, 0.2) is 5.78 Å². The molecule has 0 aromatic rings. The Bertz CT molecular complexity index is 1420. The van der Waals surface area contributed by atoms with Crippen LogP contribution in [0, 0.1) is 50.7 Å². The molecule has 5 aliphatic carbocycles. The molecule has 4 N–H and O–H groups in total. The lowest BCUT2D eigenvalue weighted by atomic mass is 9.33. The highest BCUT2D eigenvalue weighted by Gasteiger charge is 2.70. The Labute approximate surface area is 299 Å². The molecule has 276 valence electrons. The van der Waals surface area contributed by atoms with E-state index < -0.39 is 22.9 Å². The zero-order chi connectivity index (χ0) is 35.2. The number of ether oxygens (including phenoxy) is 1. The zero-order valence-corrected chi connectivity index (χ0v) is 32.2. The van der Waals surface area contributed by atoms with Crippen molar-refractivity contribution in [1.82, 2.24) is 16.0 Å². The van der Waals surface area contributed by atoms with Crippen LogP contribution >= 0.6 is 12.4 Å². The molecule has 2 amide bonds. The molecule has 0 aromatic heterocycles. The second-order valence-electron chi connectivity index (χ2n) is 18.9. The van der Waals surface area contributed by atoms with E-state index in [-0.39, 0.29) is 76.3 Å². The van der Waals surface area contributed by atoms with Gasteiger partial charge in [-0.3, -0.25) is 14.4 Å². The Balaban J connectivity index is 0.00000468. The molecule has 1 saturated heterocycles. The molecular formula is C39H62ClN3O6. The summed E-state index contributed by atoms with van der Waals surface area (Å²) >= 11 is 0. The summed E-state index contributed by atoms with van der Waals surface area (Å²) < 4.78 is 6.14. The van der Waals surface area contributed by atoms with Crippen LogP contribution in [-0.4, -0.2) is 59.6 Å². The largest absolute Gasteiger partial charge is 0.481 e. The molecule has 1 aliphatic heterocycles. The predicted molar refractivity (Wildman–Crippen MR) is 191 cm³/mol. The molecule has 0 spiro atoms. The van der Waals surface area contributed by atoms with E-state index in [1.807, 2.05) is 0 Å². The summed E-state index contributed by atoms with van der Waals surface area (Å²) in [5.41, 5.74) is 0.306. The number of carboxylic acid groups (broad SMARTS) is 1. The molecule has 8 atom stereocenters. The van der Waals surface area contributed by atoms with E-state index in [1.165, 1.54) is 5.57 Å². The van der Waals surface area contributed by atoms with Gasteiger partial charge in [-0.1, -0.05) is 48.5 Å². The van der Waals surface area contributed by atoms with Gasteiger partial charge in [0.2, 0.25) is 0 Å². The highest BCUT2D eigenvalue weighted by Crippen LogP contribution is 2.75. The molecule has 49 heavy (non-hydrogen) atoms. The summed E-state index contributed by atoms with van der Waals surface area (Å²) in [5.74, 6) is 0.00141. The van der Waals surface area contributed by atoms with Crippen molar-refractivity contribution in [2.75, 3.05) is 13.1 Å². The molecule has 0 bridgehead atoms. The predicted octanol–water partition coefficient (Wildman–Crippen LogP) is 6.83.